The van der Waals surface area contributed by atoms with E-state index in [2.05, 4.69) is 63.2 Å². The number of hydrogen-bond acceptors (Lipinski definition) is 1. The molecule has 2 atom stereocenters. The fourth-order valence-electron chi connectivity index (χ4n) is 3.91. The van der Waals surface area contributed by atoms with Crippen molar-refractivity contribution in [3.05, 3.63) is 35.9 Å². The first-order chi connectivity index (χ1) is 11.7. The van der Waals surface area contributed by atoms with E-state index in [1.165, 1.54) is 76.2 Å². The molecule has 1 nitrogen and oxygen atoms in total. The van der Waals surface area contributed by atoms with E-state index in [0.717, 1.165) is 0 Å². The molecule has 0 N–H and O–H groups in total. The van der Waals surface area contributed by atoms with Crippen molar-refractivity contribution >= 4 is 12.4 Å². The van der Waals surface area contributed by atoms with E-state index in [1.54, 1.807) is 0 Å². The van der Waals surface area contributed by atoms with Gasteiger partial charge in [0, 0.05) is 6.04 Å². The highest BCUT2D eigenvalue weighted by atomic mass is 35.5. The maximum absolute atomic E-state index is 2.45. The highest BCUT2D eigenvalue weighted by Gasteiger charge is 2.22. The van der Waals surface area contributed by atoms with Crippen LogP contribution in [0.15, 0.2) is 30.3 Å². The van der Waals surface area contributed by atoms with E-state index in [4.69, 9.17) is 0 Å². The van der Waals surface area contributed by atoms with Gasteiger partial charge in [-0.1, -0.05) is 102 Å². The smallest absolute Gasteiger partial charge is 0.0158 e. The van der Waals surface area contributed by atoms with E-state index in [9.17, 15) is 0 Å². The van der Waals surface area contributed by atoms with E-state index in [0.29, 0.717) is 12.0 Å². The minimum absolute atomic E-state index is 0. The van der Waals surface area contributed by atoms with Crippen molar-refractivity contribution in [2.24, 2.45) is 0 Å². The van der Waals surface area contributed by atoms with Crippen LogP contribution in [0.2, 0.25) is 0 Å². The van der Waals surface area contributed by atoms with Crippen LogP contribution in [0.1, 0.15) is 96.0 Å². The largest absolute Gasteiger partial charge is 0.306 e. The van der Waals surface area contributed by atoms with Crippen LogP contribution in [0, 0.1) is 0 Å². The van der Waals surface area contributed by atoms with E-state index in [-0.39, 0.29) is 12.4 Å². The molecule has 0 bridgehead atoms. The molecule has 1 aromatic carbocycles. The SMILES string of the molecule is CCCCCCCCCCCC(C(CC)c1ccccc1)N(C)C.Cl. The Balaban J connectivity index is 0.00000576. The van der Waals surface area contributed by atoms with E-state index >= 15 is 0 Å². The van der Waals surface area contributed by atoms with Crippen molar-refractivity contribution in [1.82, 2.24) is 4.90 Å². The zero-order valence-corrected chi connectivity index (χ0v) is 18.0. The normalized spacial score (nSPS) is 13.5. The number of nitrogens with zero attached hydrogens (tertiary/aromatic N) is 1. The second-order valence-corrected chi connectivity index (χ2v) is 7.57. The molecule has 0 radical (unpaired) electrons. The van der Waals surface area contributed by atoms with Crippen LogP contribution in [-0.4, -0.2) is 25.0 Å². The van der Waals surface area contributed by atoms with Gasteiger partial charge in [-0.2, -0.15) is 0 Å². The van der Waals surface area contributed by atoms with Crippen LogP contribution in [0.3, 0.4) is 0 Å². The summed E-state index contributed by atoms with van der Waals surface area (Å²) < 4.78 is 0. The van der Waals surface area contributed by atoms with Gasteiger partial charge in [0.15, 0.2) is 0 Å². The average molecular weight is 368 g/mol. The first-order valence-corrected chi connectivity index (χ1v) is 10.4. The summed E-state index contributed by atoms with van der Waals surface area (Å²) in [5.74, 6) is 0.662. The average Bonchev–Trinajstić information content (AvgIpc) is 2.60. The Kier molecular flexibility index (Phi) is 15.4. The maximum atomic E-state index is 2.45. The molecule has 25 heavy (non-hydrogen) atoms. The molecule has 0 heterocycles. The minimum atomic E-state index is 0. The standard InChI is InChI=1S/C23H41N.ClH/c1-5-7-8-9-10-11-12-13-17-20-23(24(3)4)22(6-2)21-18-15-14-16-19-21;/h14-16,18-19,22-23H,5-13,17,20H2,1-4H3;1H. The maximum Gasteiger partial charge on any atom is 0.0158 e. The highest BCUT2D eigenvalue weighted by molar-refractivity contribution is 5.85. The van der Waals surface area contributed by atoms with Crippen LogP contribution < -0.4 is 0 Å². The summed E-state index contributed by atoms with van der Waals surface area (Å²) in [4.78, 5) is 2.45. The lowest BCUT2D eigenvalue weighted by Crippen LogP contribution is -2.33. The van der Waals surface area contributed by atoms with Gasteiger partial charge >= 0.3 is 0 Å². The Morgan fingerprint density at radius 3 is 1.76 bits per heavy atom. The Bertz CT molecular complexity index is 390. The lowest BCUT2D eigenvalue weighted by Gasteiger charge is -2.32. The first-order valence-electron chi connectivity index (χ1n) is 10.4. The molecular formula is C23H42ClN. The predicted molar refractivity (Wildman–Crippen MR) is 116 cm³/mol. The van der Waals surface area contributed by atoms with Crippen molar-refractivity contribution in [3.63, 3.8) is 0 Å². The summed E-state index contributed by atoms with van der Waals surface area (Å²) in [6, 6.07) is 11.8. The molecule has 1 rings (SSSR count). The summed E-state index contributed by atoms with van der Waals surface area (Å²) in [7, 11) is 4.51. The summed E-state index contributed by atoms with van der Waals surface area (Å²) >= 11 is 0. The molecule has 0 aliphatic heterocycles. The van der Waals surface area contributed by atoms with Gasteiger partial charge in [-0.15, -0.1) is 12.4 Å². The second-order valence-electron chi connectivity index (χ2n) is 7.57. The minimum Gasteiger partial charge on any atom is -0.306 e. The van der Waals surface area contributed by atoms with Gasteiger partial charge in [0.2, 0.25) is 0 Å². The molecule has 0 aliphatic rings. The quantitative estimate of drug-likeness (QED) is 0.308. The zero-order chi connectivity index (χ0) is 17.6. The number of unbranched alkanes of at least 4 members (excludes halogenated alkanes) is 8. The van der Waals surface area contributed by atoms with Crippen LogP contribution in [-0.2, 0) is 0 Å². The number of likely N-dealkylation sites (N-methyl/N-ethyl adjacent to an activating group) is 1. The van der Waals surface area contributed by atoms with Crippen LogP contribution >= 0.6 is 12.4 Å². The van der Waals surface area contributed by atoms with Crippen molar-refractivity contribution in [2.75, 3.05) is 14.1 Å². The van der Waals surface area contributed by atoms with Crippen LogP contribution in [0.5, 0.6) is 0 Å². The second kappa shape index (κ2) is 15.7. The van der Waals surface area contributed by atoms with Gasteiger partial charge in [-0.25, -0.2) is 0 Å². The Labute approximate surface area is 164 Å². The lowest BCUT2D eigenvalue weighted by atomic mass is 9.85. The number of benzene rings is 1. The highest BCUT2D eigenvalue weighted by Crippen LogP contribution is 2.29. The van der Waals surface area contributed by atoms with Crippen LogP contribution in [0.25, 0.3) is 0 Å². The van der Waals surface area contributed by atoms with Crippen LogP contribution in [0.4, 0.5) is 0 Å². The molecule has 0 spiro atoms. The zero-order valence-electron chi connectivity index (χ0n) is 17.2. The predicted octanol–water partition coefficient (Wildman–Crippen LogP) is 7.45. The lowest BCUT2D eigenvalue weighted by molar-refractivity contribution is 0.229. The molecule has 1 aromatic rings. The molecule has 2 unspecified atom stereocenters. The van der Waals surface area contributed by atoms with Gasteiger partial charge in [0.1, 0.15) is 0 Å². The van der Waals surface area contributed by atoms with Gasteiger partial charge in [0.25, 0.3) is 0 Å². The van der Waals surface area contributed by atoms with Crippen molar-refractivity contribution in [2.45, 2.75) is 96.4 Å². The molecule has 0 aromatic heterocycles. The number of hydrogen-bond donors (Lipinski definition) is 0. The van der Waals surface area contributed by atoms with Gasteiger partial charge in [-0.3, -0.25) is 0 Å². The Hall–Kier alpha value is -0.530. The van der Waals surface area contributed by atoms with Crippen molar-refractivity contribution in [1.29, 1.82) is 0 Å². The van der Waals surface area contributed by atoms with Crippen molar-refractivity contribution in [3.8, 4) is 0 Å². The monoisotopic (exact) mass is 367 g/mol. The fraction of sp³-hybridized carbons (Fsp3) is 0.739. The third-order valence-electron chi connectivity index (χ3n) is 5.40. The third-order valence-corrected chi connectivity index (χ3v) is 5.40. The fourth-order valence-corrected chi connectivity index (χ4v) is 3.91. The van der Waals surface area contributed by atoms with Gasteiger partial charge < -0.3 is 4.90 Å². The molecule has 0 amide bonds. The summed E-state index contributed by atoms with van der Waals surface area (Å²) in [5.41, 5.74) is 1.51. The number of rotatable bonds is 14. The van der Waals surface area contributed by atoms with Crippen molar-refractivity contribution < 1.29 is 0 Å². The number of halogens is 1. The summed E-state index contributed by atoms with van der Waals surface area (Å²) in [6.07, 6.45) is 15.3. The third kappa shape index (κ3) is 10.3. The molecule has 0 aliphatic carbocycles. The molecule has 0 saturated carbocycles. The molecule has 0 saturated heterocycles. The molecule has 2 heteroatoms. The topological polar surface area (TPSA) is 3.24 Å². The summed E-state index contributed by atoms with van der Waals surface area (Å²) in [6.45, 7) is 4.63. The van der Waals surface area contributed by atoms with Gasteiger partial charge in [0.05, 0.1) is 0 Å². The Morgan fingerprint density at radius 2 is 1.28 bits per heavy atom. The first kappa shape index (κ1) is 24.5. The van der Waals surface area contributed by atoms with E-state index in [1.807, 2.05) is 0 Å². The summed E-state index contributed by atoms with van der Waals surface area (Å²) in [5, 5.41) is 0. The van der Waals surface area contributed by atoms with Gasteiger partial charge in [-0.05, 0) is 38.4 Å². The van der Waals surface area contributed by atoms with E-state index < -0.39 is 0 Å². The Morgan fingerprint density at radius 1 is 0.760 bits per heavy atom. The molecule has 0 fully saturated rings. The molecule has 146 valence electrons. The molecular weight excluding hydrogens is 326 g/mol.